The number of hydrogen-bond acceptors (Lipinski definition) is 2. The summed E-state index contributed by atoms with van der Waals surface area (Å²) in [7, 11) is 5.25. The van der Waals surface area contributed by atoms with Crippen molar-refractivity contribution in [2.75, 3.05) is 6.54 Å². The molecule has 0 rings (SSSR count). The van der Waals surface area contributed by atoms with Gasteiger partial charge in [-0.05, 0) is 27.2 Å². The molecular weight excluding hydrogens is 153 g/mol. The Balaban J connectivity index is 3.47. The van der Waals surface area contributed by atoms with Crippen LogP contribution in [0.3, 0.4) is 0 Å². The number of carbonyl (C=O) groups excluding carboxylic acids is 1. The van der Waals surface area contributed by atoms with Crippen molar-refractivity contribution in [1.82, 2.24) is 5.32 Å². The van der Waals surface area contributed by atoms with E-state index in [0.717, 1.165) is 6.42 Å². The molecule has 12 heavy (non-hydrogen) atoms. The first-order valence-corrected chi connectivity index (χ1v) is 4.12. The Labute approximate surface area is 75.3 Å². The van der Waals surface area contributed by atoms with Gasteiger partial charge in [0.1, 0.15) is 5.60 Å². The average Bonchev–Trinajstić information content (AvgIpc) is 1.84. The smallest absolute Gasteiger partial charge is 0.407 e. The van der Waals surface area contributed by atoms with E-state index in [0.29, 0.717) is 12.9 Å². The molecule has 0 fully saturated rings. The van der Waals surface area contributed by atoms with Crippen LogP contribution in [0.15, 0.2) is 0 Å². The summed E-state index contributed by atoms with van der Waals surface area (Å²) < 4.78 is 4.99. The van der Waals surface area contributed by atoms with Gasteiger partial charge >= 0.3 is 6.09 Å². The lowest BCUT2D eigenvalue weighted by atomic mass is 10.0. The predicted molar refractivity (Wildman–Crippen MR) is 49.4 cm³/mol. The average molecular weight is 169 g/mol. The van der Waals surface area contributed by atoms with Crippen molar-refractivity contribution >= 4 is 13.9 Å². The summed E-state index contributed by atoms with van der Waals surface area (Å²) >= 11 is 0. The van der Waals surface area contributed by atoms with Crippen molar-refractivity contribution in [3.05, 3.63) is 0 Å². The van der Waals surface area contributed by atoms with Gasteiger partial charge in [-0.1, -0.05) is 6.32 Å². The second-order valence-corrected chi connectivity index (χ2v) is 3.57. The molecule has 0 heterocycles. The second kappa shape index (κ2) is 5.06. The van der Waals surface area contributed by atoms with Gasteiger partial charge < -0.3 is 10.1 Å². The number of ether oxygens (including phenoxy) is 1. The maximum Gasteiger partial charge on any atom is 0.407 e. The van der Waals surface area contributed by atoms with Gasteiger partial charge in [0.25, 0.3) is 0 Å². The van der Waals surface area contributed by atoms with Gasteiger partial charge in [-0.3, -0.25) is 0 Å². The number of hydrogen-bond donors (Lipinski definition) is 1. The van der Waals surface area contributed by atoms with Crippen LogP contribution in [0.25, 0.3) is 0 Å². The first kappa shape index (κ1) is 11.3. The zero-order valence-electron chi connectivity index (χ0n) is 8.02. The molecular formula is C8H16BNO2. The van der Waals surface area contributed by atoms with Gasteiger partial charge in [0, 0.05) is 6.54 Å². The standard InChI is InChI=1S/C8H16BNO2/c1-8(2,3)12-7(11)10-6-4-5-9/h4-6H2,1-3H3,(H,10,11). The highest BCUT2D eigenvalue weighted by atomic mass is 16.6. The summed E-state index contributed by atoms with van der Waals surface area (Å²) in [5.41, 5.74) is -0.424. The van der Waals surface area contributed by atoms with Crippen LogP contribution >= 0.6 is 0 Å². The highest BCUT2D eigenvalue weighted by molar-refractivity contribution is 6.08. The Morgan fingerprint density at radius 1 is 1.50 bits per heavy atom. The Kier molecular flexibility index (Phi) is 4.78. The lowest BCUT2D eigenvalue weighted by Crippen LogP contribution is -2.32. The van der Waals surface area contributed by atoms with E-state index < -0.39 is 5.60 Å². The molecule has 0 atom stereocenters. The molecule has 0 unspecified atom stereocenters. The maximum absolute atomic E-state index is 11.0. The lowest BCUT2D eigenvalue weighted by molar-refractivity contribution is 0.0528. The SMILES string of the molecule is [B]CCCNC(=O)OC(C)(C)C. The van der Waals surface area contributed by atoms with Gasteiger partial charge in [-0.2, -0.15) is 0 Å². The van der Waals surface area contributed by atoms with Gasteiger partial charge in [-0.25, -0.2) is 4.79 Å². The molecule has 0 aromatic carbocycles. The van der Waals surface area contributed by atoms with E-state index in [-0.39, 0.29) is 6.09 Å². The van der Waals surface area contributed by atoms with Crippen molar-refractivity contribution < 1.29 is 9.53 Å². The highest BCUT2D eigenvalue weighted by Crippen LogP contribution is 2.06. The van der Waals surface area contributed by atoms with Crippen LogP contribution < -0.4 is 5.32 Å². The maximum atomic E-state index is 11.0. The van der Waals surface area contributed by atoms with Crippen molar-refractivity contribution in [3.63, 3.8) is 0 Å². The molecule has 1 N–H and O–H groups in total. The minimum absolute atomic E-state index is 0.379. The summed E-state index contributed by atoms with van der Waals surface area (Å²) in [6, 6.07) is 0. The third-order valence-corrected chi connectivity index (χ3v) is 1.05. The highest BCUT2D eigenvalue weighted by Gasteiger charge is 2.14. The Morgan fingerprint density at radius 3 is 2.50 bits per heavy atom. The second-order valence-electron chi connectivity index (χ2n) is 3.57. The molecule has 0 saturated heterocycles. The van der Waals surface area contributed by atoms with Crippen LogP contribution in [0.2, 0.25) is 6.32 Å². The Morgan fingerprint density at radius 2 is 2.08 bits per heavy atom. The van der Waals surface area contributed by atoms with Crippen molar-refractivity contribution in [3.8, 4) is 0 Å². The number of alkyl carbamates (subject to hydrolysis) is 1. The molecule has 0 aliphatic heterocycles. The summed E-state index contributed by atoms with van der Waals surface area (Å²) in [5.74, 6) is 0. The summed E-state index contributed by atoms with van der Waals surface area (Å²) in [6.07, 6.45) is 0.977. The molecule has 0 aromatic heterocycles. The van der Waals surface area contributed by atoms with Gasteiger partial charge in [0.2, 0.25) is 0 Å². The molecule has 0 aromatic rings. The third-order valence-electron chi connectivity index (χ3n) is 1.05. The summed E-state index contributed by atoms with van der Waals surface area (Å²) in [6.45, 7) is 6.06. The van der Waals surface area contributed by atoms with E-state index in [1.54, 1.807) is 0 Å². The van der Waals surface area contributed by atoms with Gasteiger partial charge in [0.05, 0.1) is 7.85 Å². The topological polar surface area (TPSA) is 38.3 Å². The van der Waals surface area contributed by atoms with Crippen LogP contribution in [0.1, 0.15) is 27.2 Å². The summed E-state index contributed by atoms with van der Waals surface area (Å²) in [4.78, 5) is 11.0. The van der Waals surface area contributed by atoms with E-state index in [1.165, 1.54) is 0 Å². The molecule has 0 aliphatic carbocycles. The van der Waals surface area contributed by atoms with E-state index in [1.807, 2.05) is 20.8 Å². The largest absolute Gasteiger partial charge is 0.444 e. The number of amides is 1. The molecule has 0 aliphatic rings. The molecule has 2 radical (unpaired) electrons. The number of rotatable bonds is 3. The minimum Gasteiger partial charge on any atom is -0.444 e. The monoisotopic (exact) mass is 169 g/mol. The number of nitrogens with one attached hydrogen (secondary N) is 1. The molecule has 68 valence electrons. The van der Waals surface area contributed by atoms with E-state index in [4.69, 9.17) is 12.6 Å². The first-order valence-electron chi connectivity index (χ1n) is 4.12. The van der Waals surface area contributed by atoms with Crippen molar-refractivity contribution in [1.29, 1.82) is 0 Å². The lowest BCUT2D eigenvalue weighted by Gasteiger charge is -2.19. The van der Waals surface area contributed by atoms with Crippen LogP contribution in [0.5, 0.6) is 0 Å². The molecule has 0 bridgehead atoms. The molecule has 1 amide bonds. The zero-order valence-corrected chi connectivity index (χ0v) is 8.02. The fraction of sp³-hybridized carbons (Fsp3) is 0.875. The zero-order chi connectivity index (χ0) is 9.61. The van der Waals surface area contributed by atoms with Crippen molar-refractivity contribution in [2.45, 2.75) is 39.1 Å². The molecule has 0 saturated carbocycles. The fourth-order valence-corrected chi connectivity index (χ4v) is 0.607. The molecule has 4 heteroatoms. The van der Waals surface area contributed by atoms with Crippen LogP contribution in [0.4, 0.5) is 4.79 Å². The quantitative estimate of drug-likeness (QED) is 0.513. The van der Waals surface area contributed by atoms with Crippen molar-refractivity contribution in [2.24, 2.45) is 0 Å². The van der Waals surface area contributed by atoms with Gasteiger partial charge in [0.15, 0.2) is 0 Å². The Bertz CT molecular complexity index is 142. The summed E-state index contributed by atoms with van der Waals surface area (Å²) in [5, 5.41) is 2.60. The van der Waals surface area contributed by atoms with Crippen LogP contribution in [-0.2, 0) is 4.74 Å². The number of carbonyl (C=O) groups is 1. The van der Waals surface area contributed by atoms with Crippen LogP contribution in [-0.4, -0.2) is 26.1 Å². The van der Waals surface area contributed by atoms with E-state index >= 15 is 0 Å². The molecule has 0 spiro atoms. The van der Waals surface area contributed by atoms with E-state index in [9.17, 15) is 4.79 Å². The van der Waals surface area contributed by atoms with Gasteiger partial charge in [-0.15, -0.1) is 0 Å². The first-order chi connectivity index (χ1) is 5.45. The minimum atomic E-state index is -0.424. The normalized spacial score (nSPS) is 10.9. The fourth-order valence-electron chi connectivity index (χ4n) is 0.607. The van der Waals surface area contributed by atoms with E-state index in [2.05, 4.69) is 5.32 Å². The molecule has 3 nitrogen and oxygen atoms in total. The Hall–Kier alpha value is -0.665. The van der Waals surface area contributed by atoms with Crippen LogP contribution in [0, 0.1) is 0 Å². The third kappa shape index (κ3) is 7.44. The predicted octanol–water partition coefficient (Wildman–Crippen LogP) is 1.49.